The fourth-order valence-electron chi connectivity index (χ4n) is 0.719. The van der Waals surface area contributed by atoms with Crippen molar-refractivity contribution in [1.82, 2.24) is 5.32 Å². The van der Waals surface area contributed by atoms with Gasteiger partial charge in [-0.1, -0.05) is 0 Å². The third-order valence-electron chi connectivity index (χ3n) is 1.15. The molecular formula is C5H10FNO. The van der Waals surface area contributed by atoms with Gasteiger partial charge < -0.3 is 4.74 Å². The van der Waals surface area contributed by atoms with Crippen molar-refractivity contribution in [1.29, 1.82) is 0 Å². The number of halogens is 1. The minimum atomic E-state index is -0.417. The van der Waals surface area contributed by atoms with Crippen LogP contribution in [0.2, 0.25) is 0 Å². The topological polar surface area (TPSA) is 21.3 Å². The van der Waals surface area contributed by atoms with Gasteiger partial charge in [0.1, 0.15) is 12.9 Å². The normalized spacial score (nSPS) is 30.4. The van der Waals surface area contributed by atoms with E-state index in [-0.39, 0.29) is 6.23 Å². The molecule has 0 spiro atoms. The van der Waals surface area contributed by atoms with E-state index in [2.05, 4.69) is 5.32 Å². The summed E-state index contributed by atoms with van der Waals surface area (Å²) in [6.07, 6.45) is 0.667. The molecular weight excluding hydrogens is 109 g/mol. The van der Waals surface area contributed by atoms with Crippen molar-refractivity contribution >= 4 is 0 Å². The largest absolute Gasteiger partial charge is 0.361 e. The zero-order valence-electron chi connectivity index (χ0n) is 4.69. The van der Waals surface area contributed by atoms with Crippen molar-refractivity contribution in [3.05, 3.63) is 0 Å². The molecule has 0 saturated carbocycles. The van der Waals surface area contributed by atoms with Crippen molar-refractivity contribution in [3.63, 3.8) is 0 Å². The first-order valence-electron chi connectivity index (χ1n) is 2.84. The van der Waals surface area contributed by atoms with Gasteiger partial charge in [-0.25, -0.2) is 4.39 Å². The quantitative estimate of drug-likeness (QED) is 0.535. The van der Waals surface area contributed by atoms with E-state index in [9.17, 15) is 4.39 Å². The van der Waals surface area contributed by atoms with E-state index in [1.807, 2.05) is 0 Å². The second-order valence-electron chi connectivity index (χ2n) is 1.82. The Morgan fingerprint density at radius 1 is 1.75 bits per heavy atom. The Hall–Kier alpha value is -0.150. The van der Waals surface area contributed by atoms with Crippen LogP contribution in [-0.4, -0.2) is 26.1 Å². The minimum absolute atomic E-state index is 0.330. The molecule has 0 bridgehead atoms. The lowest BCUT2D eigenvalue weighted by molar-refractivity contribution is -0.0127. The summed E-state index contributed by atoms with van der Waals surface area (Å²) in [5.41, 5.74) is 0. The van der Waals surface area contributed by atoms with Crippen LogP contribution in [-0.2, 0) is 4.74 Å². The Bertz CT molecular complexity index is 63.4. The molecule has 0 aromatic rings. The maximum absolute atomic E-state index is 11.7. The third-order valence-corrected chi connectivity index (χ3v) is 1.15. The van der Waals surface area contributed by atoms with Gasteiger partial charge in [0, 0.05) is 0 Å². The SMILES string of the molecule is FCC1NCCCO1. The number of ether oxygens (including phenoxy) is 1. The van der Waals surface area contributed by atoms with E-state index in [4.69, 9.17) is 4.74 Å². The lowest BCUT2D eigenvalue weighted by Crippen LogP contribution is -2.39. The first kappa shape index (κ1) is 5.98. The Morgan fingerprint density at radius 3 is 3.00 bits per heavy atom. The zero-order chi connectivity index (χ0) is 5.82. The molecule has 0 radical (unpaired) electrons. The molecule has 48 valence electrons. The molecule has 3 heteroatoms. The first-order valence-corrected chi connectivity index (χ1v) is 2.84. The van der Waals surface area contributed by atoms with Crippen LogP contribution in [0.15, 0.2) is 0 Å². The van der Waals surface area contributed by atoms with Crippen molar-refractivity contribution in [2.45, 2.75) is 12.6 Å². The molecule has 8 heavy (non-hydrogen) atoms. The fraction of sp³-hybridized carbons (Fsp3) is 1.00. The van der Waals surface area contributed by atoms with Crippen LogP contribution in [0, 0.1) is 0 Å². The molecule has 1 aliphatic heterocycles. The molecule has 2 nitrogen and oxygen atoms in total. The average Bonchev–Trinajstić information content (AvgIpc) is 1.90. The van der Waals surface area contributed by atoms with Crippen LogP contribution in [0.5, 0.6) is 0 Å². The summed E-state index contributed by atoms with van der Waals surface area (Å²) >= 11 is 0. The summed E-state index contributed by atoms with van der Waals surface area (Å²) < 4.78 is 16.6. The van der Waals surface area contributed by atoms with Gasteiger partial charge in [0.15, 0.2) is 0 Å². The van der Waals surface area contributed by atoms with Gasteiger partial charge in [-0.15, -0.1) is 0 Å². The molecule has 1 saturated heterocycles. The molecule has 1 atom stereocenters. The monoisotopic (exact) mass is 119 g/mol. The average molecular weight is 119 g/mol. The van der Waals surface area contributed by atoms with Gasteiger partial charge in [0.05, 0.1) is 6.61 Å². The van der Waals surface area contributed by atoms with Crippen molar-refractivity contribution in [2.75, 3.05) is 19.8 Å². The Balaban J connectivity index is 2.13. The zero-order valence-corrected chi connectivity index (χ0v) is 4.69. The highest BCUT2D eigenvalue weighted by Crippen LogP contribution is 1.96. The molecule has 1 fully saturated rings. The number of rotatable bonds is 1. The number of hydrogen-bond donors (Lipinski definition) is 1. The van der Waals surface area contributed by atoms with Gasteiger partial charge in [-0.2, -0.15) is 0 Å². The molecule has 1 heterocycles. The van der Waals surface area contributed by atoms with Crippen molar-refractivity contribution in [3.8, 4) is 0 Å². The van der Waals surface area contributed by atoms with E-state index in [0.29, 0.717) is 6.61 Å². The molecule has 0 aromatic carbocycles. The van der Waals surface area contributed by atoms with Crippen LogP contribution < -0.4 is 5.32 Å². The summed E-state index contributed by atoms with van der Waals surface area (Å²) in [5, 5.41) is 2.87. The molecule has 1 N–H and O–H groups in total. The molecule has 1 aliphatic rings. The molecule has 1 rings (SSSR count). The van der Waals surface area contributed by atoms with E-state index in [1.54, 1.807) is 0 Å². The minimum Gasteiger partial charge on any atom is -0.361 e. The number of alkyl halides is 1. The maximum atomic E-state index is 11.7. The summed E-state index contributed by atoms with van der Waals surface area (Å²) in [6, 6.07) is 0. The van der Waals surface area contributed by atoms with Crippen LogP contribution in [0.1, 0.15) is 6.42 Å². The van der Waals surface area contributed by atoms with E-state index >= 15 is 0 Å². The van der Waals surface area contributed by atoms with Crippen molar-refractivity contribution in [2.24, 2.45) is 0 Å². The lowest BCUT2D eigenvalue weighted by Gasteiger charge is -2.20. The third kappa shape index (κ3) is 1.42. The van der Waals surface area contributed by atoms with E-state index < -0.39 is 6.67 Å². The van der Waals surface area contributed by atoms with Gasteiger partial charge in [0.2, 0.25) is 0 Å². The maximum Gasteiger partial charge on any atom is 0.136 e. The molecule has 0 aromatic heterocycles. The number of nitrogens with one attached hydrogen (secondary N) is 1. The highest BCUT2D eigenvalue weighted by Gasteiger charge is 2.10. The standard InChI is InChI=1S/C5H10FNO/c6-4-5-7-2-1-3-8-5/h5,7H,1-4H2. The summed E-state index contributed by atoms with van der Waals surface area (Å²) in [5.74, 6) is 0. The Labute approximate surface area is 48.0 Å². The van der Waals surface area contributed by atoms with E-state index in [0.717, 1.165) is 13.0 Å². The Kier molecular flexibility index (Phi) is 2.24. The molecule has 0 amide bonds. The van der Waals surface area contributed by atoms with Crippen LogP contribution >= 0.6 is 0 Å². The van der Waals surface area contributed by atoms with Crippen LogP contribution in [0.4, 0.5) is 4.39 Å². The van der Waals surface area contributed by atoms with Crippen LogP contribution in [0.25, 0.3) is 0 Å². The summed E-state index contributed by atoms with van der Waals surface area (Å²) in [7, 11) is 0. The highest BCUT2D eigenvalue weighted by molar-refractivity contribution is 4.58. The van der Waals surface area contributed by atoms with E-state index in [1.165, 1.54) is 0 Å². The van der Waals surface area contributed by atoms with Gasteiger partial charge >= 0.3 is 0 Å². The predicted octanol–water partition coefficient (Wildman–Crippen LogP) is 0.292. The highest BCUT2D eigenvalue weighted by atomic mass is 19.1. The van der Waals surface area contributed by atoms with Crippen LogP contribution in [0.3, 0.4) is 0 Å². The molecule has 1 unspecified atom stereocenters. The number of hydrogen-bond acceptors (Lipinski definition) is 2. The van der Waals surface area contributed by atoms with Gasteiger partial charge in [-0.05, 0) is 13.0 Å². The second-order valence-corrected chi connectivity index (χ2v) is 1.82. The molecule has 0 aliphatic carbocycles. The van der Waals surface area contributed by atoms with Gasteiger partial charge in [0.25, 0.3) is 0 Å². The van der Waals surface area contributed by atoms with Gasteiger partial charge in [-0.3, -0.25) is 5.32 Å². The second kappa shape index (κ2) is 2.99. The Morgan fingerprint density at radius 2 is 2.62 bits per heavy atom. The first-order chi connectivity index (χ1) is 3.93. The summed E-state index contributed by atoms with van der Waals surface area (Å²) in [4.78, 5) is 0. The van der Waals surface area contributed by atoms with Crippen molar-refractivity contribution < 1.29 is 9.13 Å². The smallest absolute Gasteiger partial charge is 0.136 e. The summed E-state index contributed by atoms with van der Waals surface area (Å²) in [6.45, 7) is 1.16. The fourth-order valence-corrected chi connectivity index (χ4v) is 0.719. The lowest BCUT2D eigenvalue weighted by atomic mass is 10.4. The predicted molar refractivity (Wildman–Crippen MR) is 28.3 cm³/mol.